The van der Waals surface area contributed by atoms with Gasteiger partial charge in [-0.05, 0) is 58.5 Å². The lowest BCUT2D eigenvalue weighted by atomic mass is 9.88. The fraction of sp³-hybridized carbons (Fsp3) is 0.174. The fourth-order valence-corrected chi connectivity index (χ4v) is 3.09. The van der Waals surface area contributed by atoms with Crippen LogP contribution in [0, 0.1) is 0 Å². The molecule has 3 rings (SSSR count). The van der Waals surface area contributed by atoms with Gasteiger partial charge in [-0.25, -0.2) is 0 Å². The van der Waals surface area contributed by atoms with E-state index < -0.39 is 0 Å². The highest BCUT2D eigenvalue weighted by Gasteiger charge is 2.13. The summed E-state index contributed by atoms with van der Waals surface area (Å²) < 4.78 is 5.62. The molecule has 0 atom stereocenters. The molecule has 2 aromatic carbocycles. The van der Waals surface area contributed by atoms with Gasteiger partial charge >= 0.3 is 0 Å². The van der Waals surface area contributed by atoms with Gasteiger partial charge < -0.3 is 10.5 Å². The number of allylic oxidation sites excluding steroid dienone is 1. The van der Waals surface area contributed by atoms with Crippen molar-refractivity contribution in [2.24, 2.45) is 5.73 Å². The van der Waals surface area contributed by atoms with Gasteiger partial charge in [0, 0.05) is 18.9 Å². The predicted octanol–water partition coefficient (Wildman–Crippen LogP) is 4.79. The summed E-state index contributed by atoms with van der Waals surface area (Å²) in [5.74, 6) is 0.839. The van der Waals surface area contributed by atoms with Crippen LogP contribution >= 0.6 is 0 Å². The van der Waals surface area contributed by atoms with Gasteiger partial charge in [0.15, 0.2) is 0 Å². The second kappa shape index (κ2) is 8.97. The van der Waals surface area contributed by atoms with Crippen molar-refractivity contribution in [3.63, 3.8) is 0 Å². The largest absolute Gasteiger partial charge is 0.492 e. The summed E-state index contributed by atoms with van der Waals surface area (Å²) in [4.78, 5) is 4.17. The van der Waals surface area contributed by atoms with E-state index in [0.717, 1.165) is 23.3 Å². The highest BCUT2D eigenvalue weighted by molar-refractivity contribution is 5.98. The highest BCUT2D eigenvalue weighted by Crippen LogP contribution is 2.34. The second-order valence-electron chi connectivity index (χ2n) is 5.97. The van der Waals surface area contributed by atoms with Crippen LogP contribution in [0.5, 0.6) is 5.75 Å². The minimum absolute atomic E-state index is 0.512. The van der Waals surface area contributed by atoms with Crippen molar-refractivity contribution in [1.82, 2.24) is 4.98 Å². The molecule has 3 nitrogen and oxygen atoms in total. The zero-order valence-corrected chi connectivity index (χ0v) is 15.1. The van der Waals surface area contributed by atoms with Gasteiger partial charge in [0.25, 0.3) is 0 Å². The van der Waals surface area contributed by atoms with E-state index in [4.69, 9.17) is 10.5 Å². The lowest BCUT2D eigenvalue weighted by molar-refractivity contribution is 0.328. The minimum Gasteiger partial charge on any atom is -0.492 e. The Bertz CT molecular complexity index is 840. The van der Waals surface area contributed by atoms with Gasteiger partial charge in [0.2, 0.25) is 0 Å². The van der Waals surface area contributed by atoms with E-state index in [0.29, 0.717) is 13.2 Å². The molecule has 1 heterocycles. The molecule has 0 bridgehead atoms. The standard InChI is InChI=1S/C23H24N2O/c1-2-22(18-6-4-3-5-7-18)23(20-12-15-25-16-13-20)19-8-10-21(11-9-19)26-17-14-24/h3-13,15-16H,2,14,17,24H2,1H3/b23-22+. The van der Waals surface area contributed by atoms with Crippen molar-refractivity contribution in [3.05, 3.63) is 95.8 Å². The minimum atomic E-state index is 0.512. The molecule has 0 unspecified atom stereocenters. The monoisotopic (exact) mass is 344 g/mol. The summed E-state index contributed by atoms with van der Waals surface area (Å²) in [5.41, 5.74) is 11.6. The van der Waals surface area contributed by atoms with Crippen LogP contribution in [0.1, 0.15) is 30.0 Å². The fourth-order valence-electron chi connectivity index (χ4n) is 3.09. The molecule has 0 radical (unpaired) electrons. The molecule has 2 N–H and O–H groups in total. The van der Waals surface area contributed by atoms with Gasteiger partial charge in [-0.15, -0.1) is 0 Å². The summed E-state index contributed by atoms with van der Waals surface area (Å²) in [7, 11) is 0. The Morgan fingerprint density at radius 2 is 1.50 bits per heavy atom. The molecular weight excluding hydrogens is 320 g/mol. The van der Waals surface area contributed by atoms with E-state index >= 15 is 0 Å². The van der Waals surface area contributed by atoms with Crippen LogP contribution in [-0.4, -0.2) is 18.1 Å². The molecule has 1 aromatic heterocycles. The molecule has 3 aromatic rings. The van der Waals surface area contributed by atoms with E-state index in [1.165, 1.54) is 16.7 Å². The maximum absolute atomic E-state index is 5.62. The third-order valence-electron chi connectivity index (χ3n) is 4.28. The Morgan fingerprint density at radius 3 is 2.12 bits per heavy atom. The number of hydrogen-bond acceptors (Lipinski definition) is 3. The molecular formula is C23H24N2O. The molecule has 0 saturated carbocycles. The van der Waals surface area contributed by atoms with Crippen molar-refractivity contribution in [2.45, 2.75) is 13.3 Å². The maximum Gasteiger partial charge on any atom is 0.119 e. The quantitative estimate of drug-likeness (QED) is 0.627. The number of aromatic nitrogens is 1. The van der Waals surface area contributed by atoms with Crippen molar-refractivity contribution in [2.75, 3.05) is 13.2 Å². The van der Waals surface area contributed by atoms with Gasteiger partial charge in [0.05, 0.1) is 0 Å². The average molecular weight is 344 g/mol. The molecule has 0 saturated heterocycles. The van der Waals surface area contributed by atoms with E-state index in [1.807, 2.05) is 30.6 Å². The molecule has 26 heavy (non-hydrogen) atoms. The molecule has 3 heteroatoms. The van der Waals surface area contributed by atoms with Gasteiger partial charge in [-0.3, -0.25) is 4.98 Å². The maximum atomic E-state index is 5.62. The zero-order valence-electron chi connectivity index (χ0n) is 15.1. The number of rotatable bonds is 7. The Hall–Kier alpha value is -2.91. The first-order valence-electron chi connectivity index (χ1n) is 8.95. The SMILES string of the molecule is CC/C(=C(\c1ccncc1)c1ccc(OCCN)cc1)c1ccccc1. The molecule has 0 aliphatic carbocycles. The van der Waals surface area contributed by atoms with E-state index in [1.54, 1.807) is 0 Å². The summed E-state index contributed by atoms with van der Waals surface area (Å²) in [6, 6.07) is 22.9. The molecule has 0 aliphatic rings. The number of ether oxygens (including phenoxy) is 1. The predicted molar refractivity (Wildman–Crippen MR) is 108 cm³/mol. The van der Waals surface area contributed by atoms with Crippen molar-refractivity contribution in [1.29, 1.82) is 0 Å². The van der Waals surface area contributed by atoms with Crippen LogP contribution in [0.15, 0.2) is 79.1 Å². The zero-order chi connectivity index (χ0) is 18.2. The van der Waals surface area contributed by atoms with Gasteiger partial charge in [-0.1, -0.05) is 49.4 Å². The lowest BCUT2D eigenvalue weighted by Gasteiger charge is -2.16. The van der Waals surface area contributed by atoms with Crippen LogP contribution in [0.25, 0.3) is 11.1 Å². The smallest absolute Gasteiger partial charge is 0.119 e. The topological polar surface area (TPSA) is 48.1 Å². The van der Waals surface area contributed by atoms with Crippen molar-refractivity contribution >= 4 is 11.1 Å². The Morgan fingerprint density at radius 1 is 0.846 bits per heavy atom. The molecule has 0 spiro atoms. The first-order valence-corrected chi connectivity index (χ1v) is 8.95. The van der Waals surface area contributed by atoms with Crippen molar-refractivity contribution in [3.8, 4) is 5.75 Å². The summed E-state index contributed by atoms with van der Waals surface area (Å²) in [6.07, 6.45) is 4.62. The summed E-state index contributed by atoms with van der Waals surface area (Å²) in [5, 5.41) is 0. The van der Waals surface area contributed by atoms with Crippen molar-refractivity contribution < 1.29 is 4.74 Å². The molecule has 0 fully saturated rings. The van der Waals surface area contributed by atoms with E-state index in [9.17, 15) is 0 Å². The number of nitrogens with two attached hydrogens (primary N) is 1. The number of hydrogen-bond donors (Lipinski definition) is 1. The third-order valence-corrected chi connectivity index (χ3v) is 4.28. The lowest BCUT2D eigenvalue weighted by Crippen LogP contribution is -2.10. The number of benzene rings is 2. The number of nitrogens with zero attached hydrogens (tertiary/aromatic N) is 1. The third kappa shape index (κ3) is 4.19. The summed E-state index contributed by atoms with van der Waals surface area (Å²) >= 11 is 0. The van der Waals surface area contributed by atoms with E-state index in [2.05, 4.69) is 60.4 Å². The van der Waals surface area contributed by atoms with Crippen LogP contribution in [0.2, 0.25) is 0 Å². The Kier molecular flexibility index (Phi) is 6.18. The van der Waals surface area contributed by atoms with Gasteiger partial charge in [-0.2, -0.15) is 0 Å². The van der Waals surface area contributed by atoms with Crippen LogP contribution in [0.3, 0.4) is 0 Å². The normalized spacial score (nSPS) is 11.8. The summed E-state index contributed by atoms with van der Waals surface area (Å²) in [6.45, 7) is 3.23. The molecule has 0 aliphatic heterocycles. The molecule has 0 amide bonds. The first-order chi connectivity index (χ1) is 12.8. The van der Waals surface area contributed by atoms with E-state index in [-0.39, 0.29) is 0 Å². The second-order valence-corrected chi connectivity index (χ2v) is 5.97. The molecule has 132 valence electrons. The van der Waals surface area contributed by atoms with Crippen LogP contribution in [0.4, 0.5) is 0 Å². The first kappa shape index (κ1) is 17.9. The van der Waals surface area contributed by atoms with Gasteiger partial charge in [0.1, 0.15) is 12.4 Å². The highest BCUT2D eigenvalue weighted by atomic mass is 16.5. The number of pyridine rings is 1. The van der Waals surface area contributed by atoms with Crippen LogP contribution in [-0.2, 0) is 0 Å². The average Bonchev–Trinajstić information content (AvgIpc) is 2.72. The Balaban J connectivity index is 2.11. The Labute approximate surface area is 155 Å². The van der Waals surface area contributed by atoms with Crippen LogP contribution < -0.4 is 10.5 Å².